The van der Waals surface area contributed by atoms with Crippen molar-refractivity contribution in [3.8, 4) is 40.2 Å². The lowest BCUT2D eigenvalue weighted by Crippen LogP contribution is -2.46. The molecule has 0 saturated carbocycles. The van der Waals surface area contributed by atoms with Gasteiger partial charge in [-0.3, -0.25) is 0 Å². The Bertz CT molecular complexity index is 1040. The average Bonchev–Trinajstić information content (AvgIpc) is 2.60. The van der Waals surface area contributed by atoms with Gasteiger partial charge >= 0.3 is 0 Å². The van der Waals surface area contributed by atoms with Crippen molar-refractivity contribution in [2.75, 3.05) is 0 Å². The zero-order chi connectivity index (χ0) is 19.6. The maximum absolute atomic E-state index is 10.5. The lowest BCUT2D eigenvalue weighted by molar-refractivity contribution is -0.149. The summed E-state index contributed by atoms with van der Waals surface area (Å²) in [5.41, 5.74) is 1.42. The van der Waals surface area contributed by atoms with Crippen molar-refractivity contribution in [2.45, 2.75) is 18.1 Å². The number of rotatable bonds is 1. The molecule has 0 unspecified atom stereocenters. The molecule has 5 rings (SSSR count). The van der Waals surface area contributed by atoms with E-state index in [2.05, 4.69) is 0 Å². The number of benzene rings is 3. The average molecular weight is 380 g/mol. The Hall–Kier alpha value is -3.74. The van der Waals surface area contributed by atoms with E-state index in [-0.39, 0.29) is 46.7 Å². The van der Waals surface area contributed by atoms with Gasteiger partial charge in [0.05, 0.1) is 0 Å². The fourth-order valence-corrected chi connectivity index (χ4v) is 4.09. The highest BCUT2D eigenvalue weighted by molar-refractivity contribution is 5.63. The summed E-state index contributed by atoms with van der Waals surface area (Å²) < 4.78 is 12.3. The quantitative estimate of drug-likeness (QED) is 0.439. The lowest BCUT2D eigenvalue weighted by Gasteiger charge is -2.46. The molecule has 7 nitrogen and oxygen atoms in total. The van der Waals surface area contributed by atoms with Crippen LogP contribution in [0.25, 0.3) is 0 Å². The Kier molecular flexibility index (Phi) is 3.16. The highest BCUT2D eigenvalue weighted by atomic mass is 16.7. The van der Waals surface area contributed by atoms with Gasteiger partial charge in [-0.15, -0.1) is 0 Å². The van der Waals surface area contributed by atoms with Gasteiger partial charge in [0.1, 0.15) is 40.2 Å². The molecule has 5 N–H and O–H groups in total. The van der Waals surface area contributed by atoms with Gasteiger partial charge in [-0.1, -0.05) is 0 Å². The SMILES string of the molecule is Oc1ccc(C23CC(c4c(O)cc(O)cc4O2)c2c(O)cc(O)cc2O3)cc1. The van der Waals surface area contributed by atoms with E-state index in [1.807, 2.05) is 0 Å². The molecule has 0 amide bonds. The number of ether oxygens (including phenoxy) is 2. The smallest absolute Gasteiger partial charge is 0.278 e. The monoisotopic (exact) mass is 380 g/mol. The Labute approximate surface area is 159 Å². The molecule has 2 aliphatic heterocycles. The zero-order valence-electron chi connectivity index (χ0n) is 14.5. The van der Waals surface area contributed by atoms with E-state index in [0.717, 1.165) is 0 Å². The van der Waals surface area contributed by atoms with Crippen molar-refractivity contribution in [3.05, 3.63) is 65.2 Å². The van der Waals surface area contributed by atoms with Crippen LogP contribution in [0.15, 0.2) is 48.5 Å². The van der Waals surface area contributed by atoms with E-state index in [0.29, 0.717) is 16.7 Å². The summed E-state index contributed by atoms with van der Waals surface area (Å²) in [6.45, 7) is 0. The minimum absolute atomic E-state index is 0.0784. The molecule has 2 heterocycles. The van der Waals surface area contributed by atoms with E-state index < -0.39 is 11.7 Å². The number of hydrogen-bond acceptors (Lipinski definition) is 7. The molecule has 142 valence electrons. The summed E-state index contributed by atoms with van der Waals surface area (Å²) in [7, 11) is 0. The van der Waals surface area contributed by atoms with Crippen molar-refractivity contribution >= 4 is 0 Å². The fourth-order valence-electron chi connectivity index (χ4n) is 4.09. The second kappa shape index (κ2) is 5.39. The van der Waals surface area contributed by atoms with Gasteiger partial charge in [0.15, 0.2) is 0 Å². The van der Waals surface area contributed by atoms with Crippen LogP contribution in [0.3, 0.4) is 0 Å². The van der Waals surface area contributed by atoms with Crippen LogP contribution in [-0.4, -0.2) is 25.5 Å². The Morgan fingerprint density at radius 2 is 1.18 bits per heavy atom. The molecule has 0 saturated heterocycles. The predicted octanol–water partition coefficient (Wildman–Crippen LogP) is 3.37. The van der Waals surface area contributed by atoms with Crippen LogP contribution in [0.4, 0.5) is 0 Å². The maximum Gasteiger partial charge on any atom is 0.278 e. The first kappa shape index (κ1) is 16.4. The summed E-state index contributed by atoms with van der Waals surface area (Å²) >= 11 is 0. The van der Waals surface area contributed by atoms with E-state index in [4.69, 9.17) is 9.47 Å². The van der Waals surface area contributed by atoms with Crippen LogP contribution in [0, 0.1) is 0 Å². The van der Waals surface area contributed by atoms with Crippen LogP contribution in [0.2, 0.25) is 0 Å². The molecule has 2 bridgehead atoms. The Balaban J connectivity index is 1.80. The van der Waals surface area contributed by atoms with Crippen molar-refractivity contribution in [1.29, 1.82) is 0 Å². The largest absolute Gasteiger partial charge is 0.508 e. The number of phenolic OH excluding ortho intramolecular Hbond substituents is 5. The predicted molar refractivity (Wildman–Crippen MR) is 97.0 cm³/mol. The molecule has 7 heteroatoms. The van der Waals surface area contributed by atoms with Gasteiger partial charge in [-0.25, -0.2) is 0 Å². The highest BCUT2D eigenvalue weighted by Crippen LogP contribution is 2.59. The second-order valence-electron chi connectivity index (χ2n) is 7.01. The van der Waals surface area contributed by atoms with Crippen LogP contribution in [-0.2, 0) is 5.79 Å². The second-order valence-corrected chi connectivity index (χ2v) is 7.01. The number of phenols is 5. The van der Waals surface area contributed by atoms with Gasteiger partial charge in [0.2, 0.25) is 0 Å². The van der Waals surface area contributed by atoms with Crippen LogP contribution in [0.5, 0.6) is 40.2 Å². The van der Waals surface area contributed by atoms with Crippen molar-refractivity contribution in [3.63, 3.8) is 0 Å². The molecule has 0 aromatic heterocycles. The molecule has 0 atom stereocenters. The van der Waals surface area contributed by atoms with Gasteiger partial charge in [0.25, 0.3) is 5.79 Å². The topological polar surface area (TPSA) is 120 Å². The molecule has 0 aliphatic carbocycles. The molecular weight excluding hydrogens is 364 g/mol. The summed E-state index contributed by atoms with van der Waals surface area (Å²) in [6, 6.07) is 11.5. The minimum atomic E-state index is -1.33. The molecule has 0 radical (unpaired) electrons. The molecule has 3 aromatic rings. The normalized spacial score (nSPS) is 21.8. The fraction of sp³-hybridized carbons (Fsp3) is 0.143. The van der Waals surface area contributed by atoms with Crippen LogP contribution < -0.4 is 9.47 Å². The van der Waals surface area contributed by atoms with Gasteiger partial charge in [0, 0.05) is 53.3 Å². The van der Waals surface area contributed by atoms with Crippen molar-refractivity contribution in [2.24, 2.45) is 0 Å². The molecule has 0 spiro atoms. The van der Waals surface area contributed by atoms with E-state index in [9.17, 15) is 25.5 Å². The first-order chi connectivity index (χ1) is 13.4. The standard InChI is InChI=1S/C21H16O7/c22-11-3-1-10(2-4-11)21-9-14(19-15(25)5-12(23)7-17(19)27-21)20-16(26)6-13(24)8-18(20)28-21/h1-8,14,22-26H,9H2. The van der Waals surface area contributed by atoms with E-state index in [1.165, 1.54) is 36.4 Å². The van der Waals surface area contributed by atoms with Gasteiger partial charge < -0.3 is 35.0 Å². The van der Waals surface area contributed by atoms with Gasteiger partial charge in [-0.05, 0) is 24.3 Å². The number of fused-ring (bicyclic) bond motifs is 6. The van der Waals surface area contributed by atoms with Gasteiger partial charge in [-0.2, -0.15) is 0 Å². The summed E-state index contributed by atoms with van der Waals surface area (Å²) in [4.78, 5) is 0. The molecule has 28 heavy (non-hydrogen) atoms. The Morgan fingerprint density at radius 1 is 0.679 bits per heavy atom. The first-order valence-electron chi connectivity index (χ1n) is 8.65. The van der Waals surface area contributed by atoms with Crippen LogP contribution in [0.1, 0.15) is 29.0 Å². The highest BCUT2D eigenvalue weighted by Gasteiger charge is 2.51. The third-order valence-electron chi connectivity index (χ3n) is 5.24. The first-order valence-corrected chi connectivity index (χ1v) is 8.65. The summed E-state index contributed by atoms with van der Waals surface area (Å²) in [6.07, 6.45) is 0.231. The molecule has 0 fully saturated rings. The Morgan fingerprint density at radius 3 is 1.68 bits per heavy atom. The maximum atomic E-state index is 10.5. The lowest BCUT2D eigenvalue weighted by atomic mass is 9.77. The third-order valence-corrected chi connectivity index (χ3v) is 5.24. The van der Waals surface area contributed by atoms with E-state index >= 15 is 0 Å². The molecular formula is C21H16O7. The summed E-state index contributed by atoms with van der Waals surface area (Å²) in [5.74, 6) is -2.01. The molecule has 3 aromatic carbocycles. The summed E-state index contributed by atoms with van der Waals surface area (Å²) in [5, 5.41) is 50.4. The zero-order valence-corrected chi connectivity index (χ0v) is 14.5. The van der Waals surface area contributed by atoms with Crippen LogP contribution >= 0.6 is 0 Å². The molecule has 2 aliphatic rings. The minimum Gasteiger partial charge on any atom is -0.508 e. The van der Waals surface area contributed by atoms with Crippen molar-refractivity contribution in [1.82, 2.24) is 0 Å². The van der Waals surface area contributed by atoms with E-state index in [1.54, 1.807) is 12.1 Å². The van der Waals surface area contributed by atoms with Crippen molar-refractivity contribution < 1.29 is 35.0 Å². The number of aromatic hydroxyl groups is 5. The number of hydrogen-bond donors (Lipinski definition) is 5. The third kappa shape index (κ3) is 2.22.